The Labute approximate surface area is 95.0 Å². The Morgan fingerprint density at radius 2 is 2.17 bits per heavy atom. The van der Waals surface area contributed by atoms with Crippen molar-refractivity contribution in [2.75, 3.05) is 0 Å². The van der Waals surface area contributed by atoms with Crippen molar-refractivity contribution in [3.05, 3.63) is 25.5 Å². The molecule has 0 N–H and O–H groups in total. The lowest BCUT2D eigenvalue weighted by Gasteiger charge is -1.90. The highest BCUT2D eigenvalue weighted by molar-refractivity contribution is 9.13. The minimum Gasteiger partial charge on any atom is -0.254 e. The first-order valence-electron chi connectivity index (χ1n) is 3.08. The maximum Gasteiger partial charge on any atom is 0.0978 e. The molecule has 0 saturated heterocycles. The Bertz CT molecular complexity index is 440. The minimum absolute atomic E-state index is 0.747. The van der Waals surface area contributed by atoms with Gasteiger partial charge in [0.05, 0.1) is 23.5 Å². The lowest BCUT2D eigenvalue weighted by molar-refractivity contribution is 1.42. The summed E-state index contributed by atoms with van der Waals surface area (Å²) < 4.78 is 3.01. The Kier molecular flexibility index (Phi) is 2.42. The molecule has 1 nitrogen and oxygen atoms in total. The quantitative estimate of drug-likeness (QED) is 0.695. The van der Waals surface area contributed by atoms with Gasteiger partial charge in [-0.05, 0) is 37.9 Å². The van der Waals surface area contributed by atoms with Gasteiger partial charge in [-0.15, -0.1) is 11.3 Å². The average molecular weight is 327 g/mol. The van der Waals surface area contributed by atoms with E-state index in [-0.39, 0.29) is 0 Å². The molecule has 2 aromatic heterocycles. The normalized spacial score (nSPS) is 10.9. The van der Waals surface area contributed by atoms with Gasteiger partial charge in [0.1, 0.15) is 0 Å². The van der Waals surface area contributed by atoms with Crippen LogP contribution in [0.1, 0.15) is 0 Å². The second-order valence-corrected chi connectivity index (χ2v) is 5.70. The van der Waals surface area contributed by atoms with E-state index < -0.39 is 0 Å². The number of rotatable bonds is 0. The number of aromatic nitrogens is 1. The largest absolute Gasteiger partial charge is 0.254 e. The molecule has 0 amide bonds. The lowest BCUT2D eigenvalue weighted by atomic mass is 10.4. The Balaban J connectivity index is 2.95. The zero-order valence-corrected chi connectivity index (χ0v) is 10.4. The second-order valence-electron chi connectivity index (χ2n) is 2.16. The van der Waals surface area contributed by atoms with Crippen molar-refractivity contribution in [1.82, 2.24) is 4.98 Å². The predicted molar refractivity (Wildman–Crippen MR) is 60.0 cm³/mol. The van der Waals surface area contributed by atoms with Crippen LogP contribution >= 0.6 is 54.8 Å². The fourth-order valence-electron chi connectivity index (χ4n) is 0.906. The van der Waals surface area contributed by atoms with E-state index in [0.717, 1.165) is 23.5 Å². The molecule has 0 spiro atoms. The van der Waals surface area contributed by atoms with E-state index >= 15 is 0 Å². The maximum atomic E-state index is 5.97. The van der Waals surface area contributed by atoms with E-state index in [2.05, 4.69) is 36.8 Å². The van der Waals surface area contributed by atoms with Crippen molar-refractivity contribution < 1.29 is 0 Å². The Morgan fingerprint density at radius 1 is 1.42 bits per heavy atom. The third-order valence-electron chi connectivity index (χ3n) is 1.43. The van der Waals surface area contributed by atoms with Gasteiger partial charge in [-0.1, -0.05) is 11.6 Å². The monoisotopic (exact) mass is 325 g/mol. The minimum atomic E-state index is 0.747. The molecule has 0 unspecified atom stereocenters. The molecule has 2 heterocycles. The van der Waals surface area contributed by atoms with Gasteiger partial charge in [-0.3, -0.25) is 4.98 Å². The van der Waals surface area contributed by atoms with E-state index in [4.69, 9.17) is 11.6 Å². The van der Waals surface area contributed by atoms with Gasteiger partial charge in [0.15, 0.2) is 0 Å². The first-order valence-corrected chi connectivity index (χ1v) is 5.86. The third-order valence-corrected chi connectivity index (χ3v) is 5.31. The lowest BCUT2D eigenvalue weighted by Crippen LogP contribution is -1.72. The molecular weight excluding hydrogens is 325 g/mol. The molecule has 0 fully saturated rings. The Hall–Kier alpha value is 0.360. The summed E-state index contributed by atoms with van der Waals surface area (Å²) in [7, 11) is 0. The molecule has 0 aliphatic heterocycles. The van der Waals surface area contributed by atoms with E-state index in [9.17, 15) is 0 Å². The van der Waals surface area contributed by atoms with Crippen LogP contribution in [0.25, 0.3) is 10.2 Å². The molecule has 0 aliphatic rings. The van der Waals surface area contributed by atoms with Gasteiger partial charge >= 0.3 is 0 Å². The highest BCUT2D eigenvalue weighted by Gasteiger charge is 2.10. The first-order chi connectivity index (χ1) is 5.70. The van der Waals surface area contributed by atoms with Crippen LogP contribution in [0, 0.1) is 0 Å². The summed E-state index contributed by atoms with van der Waals surface area (Å²) >= 11 is 14.4. The molecule has 2 aromatic rings. The maximum absolute atomic E-state index is 5.97. The van der Waals surface area contributed by atoms with Crippen LogP contribution < -0.4 is 0 Å². The van der Waals surface area contributed by atoms with Crippen LogP contribution in [0.5, 0.6) is 0 Å². The molecule has 5 heteroatoms. The number of nitrogens with zero attached hydrogens (tertiary/aromatic N) is 1. The topological polar surface area (TPSA) is 12.9 Å². The third kappa shape index (κ3) is 1.31. The molecule has 2 rings (SSSR count). The van der Waals surface area contributed by atoms with Crippen LogP contribution in [0.15, 0.2) is 20.5 Å². The van der Waals surface area contributed by atoms with Gasteiger partial charge in [0.2, 0.25) is 0 Å². The van der Waals surface area contributed by atoms with Gasteiger partial charge in [0, 0.05) is 6.20 Å². The molecule has 0 aromatic carbocycles. The van der Waals surface area contributed by atoms with Gasteiger partial charge in [-0.25, -0.2) is 0 Å². The number of hydrogen-bond donors (Lipinski definition) is 0. The number of pyridine rings is 1. The summed E-state index contributed by atoms with van der Waals surface area (Å²) in [4.78, 5) is 4.21. The van der Waals surface area contributed by atoms with Crippen LogP contribution in [0.3, 0.4) is 0 Å². The highest BCUT2D eigenvalue weighted by Crippen LogP contribution is 2.40. The predicted octanol–water partition coefficient (Wildman–Crippen LogP) is 4.47. The molecular formula is C7H2Br2ClNS. The first kappa shape index (κ1) is 8.94. The van der Waals surface area contributed by atoms with Crippen molar-refractivity contribution in [3.8, 4) is 0 Å². The van der Waals surface area contributed by atoms with Crippen molar-refractivity contribution in [3.63, 3.8) is 0 Å². The van der Waals surface area contributed by atoms with Crippen LogP contribution in [0.2, 0.25) is 5.02 Å². The highest BCUT2D eigenvalue weighted by atomic mass is 79.9. The number of halogens is 3. The van der Waals surface area contributed by atoms with Crippen molar-refractivity contribution >= 4 is 65.0 Å². The van der Waals surface area contributed by atoms with Crippen LogP contribution in [-0.2, 0) is 0 Å². The van der Waals surface area contributed by atoms with E-state index in [1.54, 1.807) is 23.6 Å². The molecule has 0 bridgehead atoms. The molecule has 12 heavy (non-hydrogen) atoms. The Morgan fingerprint density at radius 3 is 2.83 bits per heavy atom. The summed E-state index contributed by atoms with van der Waals surface area (Å²) in [6.45, 7) is 0. The van der Waals surface area contributed by atoms with Gasteiger partial charge in [0.25, 0.3) is 0 Å². The molecule has 0 atom stereocenters. The summed E-state index contributed by atoms with van der Waals surface area (Å²) in [6.07, 6.45) is 1.70. The molecule has 62 valence electrons. The summed E-state index contributed by atoms with van der Waals surface area (Å²) in [5, 5.41) is 0.747. The average Bonchev–Trinajstić information content (AvgIpc) is 2.32. The van der Waals surface area contributed by atoms with Crippen LogP contribution in [-0.4, -0.2) is 4.98 Å². The number of fused-ring (bicyclic) bond motifs is 1. The second kappa shape index (κ2) is 3.25. The van der Waals surface area contributed by atoms with E-state index in [0.29, 0.717) is 0 Å². The van der Waals surface area contributed by atoms with Gasteiger partial charge in [-0.2, -0.15) is 0 Å². The molecule has 0 radical (unpaired) electrons. The standard InChI is InChI=1S/C7H2Br2ClNS/c8-4-5-6(12-7(4)9)3(10)1-2-11-5/h1-2H. The molecule has 0 saturated carbocycles. The fraction of sp³-hybridized carbons (Fsp3) is 0. The summed E-state index contributed by atoms with van der Waals surface area (Å²) in [5.41, 5.74) is 0.916. The fourth-order valence-corrected chi connectivity index (χ4v) is 3.30. The zero-order valence-electron chi connectivity index (χ0n) is 5.64. The smallest absolute Gasteiger partial charge is 0.0978 e. The van der Waals surface area contributed by atoms with Crippen molar-refractivity contribution in [2.24, 2.45) is 0 Å². The summed E-state index contributed by atoms with van der Waals surface area (Å²) in [6, 6.07) is 1.79. The van der Waals surface area contributed by atoms with E-state index in [1.165, 1.54) is 0 Å². The number of hydrogen-bond acceptors (Lipinski definition) is 2. The van der Waals surface area contributed by atoms with Crippen LogP contribution in [0.4, 0.5) is 0 Å². The SMILES string of the molecule is Clc1ccnc2c(Br)c(Br)sc12. The van der Waals surface area contributed by atoms with Crippen molar-refractivity contribution in [2.45, 2.75) is 0 Å². The summed E-state index contributed by atoms with van der Waals surface area (Å²) in [5.74, 6) is 0. The zero-order chi connectivity index (χ0) is 8.72. The van der Waals surface area contributed by atoms with Gasteiger partial charge < -0.3 is 0 Å². The number of thiophene rings is 1. The molecule has 0 aliphatic carbocycles. The van der Waals surface area contributed by atoms with Crippen molar-refractivity contribution in [1.29, 1.82) is 0 Å². The van der Waals surface area contributed by atoms with E-state index in [1.807, 2.05) is 0 Å².